The van der Waals surface area contributed by atoms with Crippen LogP contribution in [0.3, 0.4) is 0 Å². The van der Waals surface area contributed by atoms with E-state index in [2.05, 4.69) is 10.1 Å². The third-order valence-corrected chi connectivity index (χ3v) is 3.53. The molecule has 0 aromatic carbocycles. The molecule has 0 fully saturated rings. The molecule has 0 bridgehead atoms. The van der Waals surface area contributed by atoms with Crippen molar-refractivity contribution in [2.24, 2.45) is 7.05 Å². The second kappa shape index (κ2) is 5.68. The first kappa shape index (κ1) is 12.6. The maximum Gasteiger partial charge on any atom is 0.338 e. The largest absolute Gasteiger partial charge is 0.478 e. The average Bonchev–Trinajstić information content (AvgIpc) is 2.76. The minimum atomic E-state index is -0.939. The van der Waals surface area contributed by atoms with Crippen LogP contribution in [0.5, 0.6) is 0 Å². The molecule has 0 saturated carbocycles. The lowest BCUT2D eigenvalue weighted by molar-refractivity contribution is 0.0692. The van der Waals surface area contributed by atoms with Gasteiger partial charge in [0.25, 0.3) is 0 Å². The van der Waals surface area contributed by atoms with E-state index >= 15 is 0 Å². The highest BCUT2D eigenvalue weighted by Crippen LogP contribution is 2.20. The Hall–Kier alpha value is -1.82. The van der Waals surface area contributed by atoms with E-state index in [4.69, 9.17) is 5.11 Å². The van der Waals surface area contributed by atoms with E-state index in [-0.39, 0.29) is 5.56 Å². The molecule has 6 heteroatoms. The van der Waals surface area contributed by atoms with Crippen LogP contribution in [0, 0.1) is 0 Å². The van der Waals surface area contributed by atoms with Crippen molar-refractivity contribution in [2.45, 2.75) is 11.4 Å². The quantitative estimate of drug-likeness (QED) is 0.834. The predicted octanol–water partition coefficient (Wildman–Crippen LogP) is 1.85. The van der Waals surface area contributed by atoms with E-state index in [1.165, 1.54) is 11.8 Å². The van der Waals surface area contributed by atoms with Crippen LogP contribution >= 0.6 is 11.8 Å². The Morgan fingerprint density at radius 2 is 2.28 bits per heavy atom. The standard InChI is InChI=1S/C12H13N3O2S/c1-15-9(4-7-14-15)5-8-18-11-10(12(16)17)3-2-6-13-11/h2-4,6-7H,5,8H2,1H3,(H,16,17). The average molecular weight is 263 g/mol. The summed E-state index contributed by atoms with van der Waals surface area (Å²) in [5, 5.41) is 13.7. The van der Waals surface area contributed by atoms with Crippen molar-refractivity contribution in [1.29, 1.82) is 0 Å². The predicted molar refractivity (Wildman–Crippen MR) is 68.8 cm³/mol. The van der Waals surface area contributed by atoms with Gasteiger partial charge in [-0.15, -0.1) is 11.8 Å². The van der Waals surface area contributed by atoms with Gasteiger partial charge in [-0.2, -0.15) is 5.10 Å². The molecule has 0 unspecified atom stereocenters. The van der Waals surface area contributed by atoms with Crippen LogP contribution in [0.2, 0.25) is 0 Å². The van der Waals surface area contributed by atoms with E-state index in [9.17, 15) is 4.79 Å². The molecule has 0 radical (unpaired) electrons. The molecule has 0 amide bonds. The minimum absolute atomic E-state index is 0.257. The fraction of sp³-hybridized carbons (Fsp3) is 0.250. The molecule has 2 aromatic rings. The van der Waals surface area contributed by atoms with Gasteiger partial charge in [0.2, 0.25) is 0 Å². The Morgan fingerprint density at radius 1 is 1.44 bits per heavy atom. The number of aromatic nitrogens is 3. The fourth-order valence-corrected chi connectivity index (χ4v) is 2.52. The van der Waals surface area contributed by atoms with Crippen molar-refractivity contribution in [1.82, 2.24) is 14.8 Å². The molecular formula is C12H13N3O2S. The van der Waals surface area contributed by atoms with E-state index in [0.29, 0.717) is 5.03 Å². The number of aryl methyl sites for hydroxylation is 2. The topological polar surface area (TPSA) is 68.0 Å². The zero-order chi connectivity index (χ0) is 13.0. The lowest BCUT2D eigenvalue weighted by Gasteiger charge is -2.04. The number of pyridine rings is 1. The third kappa shape index (κ3) is 2.89. The Kier molecular flexibility index (Phi) is 3.99. The van der Waals surface area contributed by atoms with Crippen LogP contribution in [0.4, 0.5) is 0 Å². The van der Waals surface area contributed by atoms with Crippen LogP contribution in [0.15, 0.2) is 35.6 Å². The molecule has 0 saturated heterocycles. The SMILES string of the molecule is Cn1nccc1CCSc1ncccc1C(=O)O. The summed E-state index contributed by atoms with van der Waals surface area (Å²) in [5.74, 6) is -0.164. The normalized spacial score (nSPS) is 10.5. The van der Waals surface area contributed by atoms with Gasteiger partial charge >= 0.3 is 5.97 Å². The van der Waals surface area contributed by atoms with Gasteiger partial charge in [0.05, 0.1) is 5.56 Å². The number of hydrogen-bond acceptors (Lipinski definition) is 4. The van der Waals surface area contributed by atoms with Crippen molar-refractivity contribution in [3.05, 3.63) is 41.9 Å². The van der Waals surface area contributed by atoms with Gasteiger partial charge < -0.3 is 5.11 Å². The van der Waals surface area contributed by atoms with Crippen molar-refractivity contribution in [2.75, 3.05) is 5.75 Å². The number of carboxylic acid groups (broad SMARTS) is 1. The first-order chi connectivity index (χ1) is 8.68. The van der Waals surface area contributed by atoms with Gasteiger partial charge in [-0.3, -0.25) is 4.68 Å². The van der Waals surface area contributed by atoms with Gasteiger partial charge in [0, 0.05) is 30.9 Å². The third-order valence-electron chi connectivity index (χ3n) is 2.52. The second-order valence-electron chi connectivity index (χ2n) is 3.71. The van der Waals surface area contributed by atoms with Gasteiger partial charge in [0.1, 0.15) is 5.03 Å². The zero-order valence-corrected chi connectivity index (χ0v) is 10.7. The van der Waals surface area contributed by atoms with Crippen LogP contribution in [0.25, 0.3) is 0 Å². The summed E-state index contributed by atoms with van der Waals surface area (Å²) in [5.41, 5.74) is 1.38. The maximum atomic E-state index is 11.0. The highest BCUT2D eigenvalue weighted by molar-refractivity contribution is 7.99. The lowest BCUT2D eigenvalue weighted by atomic mass is 10.3. The first-order valence-electron chi connectivity index (χ1n) is 5.46. The molecule has 0 aliphatic carbocycles. The van der Waals surface area contributed by atoms with Gasteiger partial charge in [-0.1, -0.05) is 0 Å². The number of aromatic carboxylic acids is 1. The summed E-state index contributed by atoms with van der Waals surface area (Å²) in [7, 11) is 1.89. The Bertz CT molecular complexity index is 554. The smallest absolute Gasteiger partial charge is 0.338 e. The molecule has 1 N–H and O–H groups in total. The number of hydrogen-bond donors (Lipinski definition) is 1. The van der Waals surface area contributed by atoms with Crippen molar-refractivity contribution < 1.29 is 9.90 Å². The van der Waals surface area contributed by atoms with E-state index in [0.717, 1.165) is 17.9 Å². The van der Waals surface area contributed by atoms with Crippen LogP contribution in [0.1, 0.15) is 16.1 Å². The van der Waals surface area contributed by atoms with Crippen molar-refractivity contribution in [3.8, 4) is 0 Å². The number of carbonyl (C=O) groups is 1. The van der Waals surface area contributed by atoms with Crippen molar-refractivity contribution in [3.63, 3.8) is 0 Å². The van der Waals surface area contributed by atoms with Crippen LogP contribution in [-0.2, 0) is 13.5 Å². The van der Waals surface area contributed by atoms with Crippen molar-refractivity contribution >= 4 is 17.7 Å². The number of rotatable bonds is 5. The highest BCUT2D eigenvalue weighted by atomic mass is 32.2. The molecule has 0 atom stereocenters. The number of nitrogens with zero attached hydrogens (tertiary/aromatic N) is 3. The molecule has 2 rings (SSSR count). The number of carboxylic acids is 1. The monoisotopic (exact) mass is 263 g/mol. The lowest BCUT2D eigenvalue weighted by Crippen LogP contribution is -2.02. The summed E-state index contributed by atoms with van der Waals surface area (Å²) in [6.45, 7) is 0. The van der Waals surface area contributed by atoms with Crippen LogP contribution in [-0.4, -0.2) is 31.6 Å². The highest BCUT2D eigenvalue weighted by Gasteiger charge is 2.10. The van der Waals surface area contributed by atoms with E-state index < -0.39 is 5.97 Å². The maximum absolute atomic E-state index is 11.0. The summed E-state index contributed by atoms with van der Waals surface area (Å²) < 4.78 is 1.82. The van der Waals surface area contributed by atoms with Gasteiger partial charge in [-0.25, -0.2) is 9.78 Å². The molecule has 94 valence electrons. The van der Waals surface area contributed by atoms with E-state index in [1.54, 1.807) is 24.5 Å². The molecule has 0 aliphatic rings. The summed E-state index contributed by atoms with van der Waals surface area (Å²) in [6, 6.07) is 5.16. The molecule has 2 aromatic heterocycles. The molecule has 0 spiro atoms. The molecule has 18 heavy (non-hydrogen) atoms. The van der Waals surface area contributed by atoms with Crippen LogP contribution < -0.4 is 0 Å². The Labute approximate surface area is 109 Å². The Morgan fingerprint density at radius 3 is 2.94 bits per heavy atom. The molecule has 5 nitrogen and oxygen atoms in total. The van der Waals surface area contributed by atoms with Gasteiger partial charge in [-0.05, 0) is 24.6 Å². The van der Waals surface area contributed by atoms with Gasteiger partial charge in [0.15, 0.2) is 0 Å². The first-order valence-corrected chi connectivity index (χ1v) is 6.45. The summed E-state index contributed by atoms with van der Waals surface area (Å²) in [4.78, 5) is 15.1. The summed E-state index contributed by atoms with van der Waals surface area (Å²) >= 11 is 1.45. The number of thioether (sulfide) groups is 1. The minimum Gasteiger partial charge on any atom is -0.478 e. The fourth-order valence-electron chi connectivity index (χ4n) is 1.57. The molecule has 2 heterocycles. The van der Waals surface area contributed by atoms with E-state index in [1.807, 2.05) is 17.8 Å². The summed E-state index contributed by atoms with van der Waals surface area (Å²) in [6.07, 6.45) is 4.19. The Balaban J connectivity index is 1.99. The molecule has 0 aliphatic heterocycles. The molecular weight excluding hydrogens is 250 g/mol. The zero-order valence-electron chi connectivity index (χ0n) is 9.91. The second-order valence-corrected chi connectivity index (χ2v) is 4.79.